The highest BCUT2D eigenvalue weighted by atomic mass is 19.1. The molecule has 1 saturated carbocycles. The SMILES string of the molecule is CC(=O)N(C)C[C@@H]1CCCC(c2ccc(F)cc2)C1. The normalized spacial score (nSPS) is 23.1. The van der Waals surface area contributed by atoms with E-state index in [0.29, 0.717) is 11.8 Å². The van der Waals surface area contributed by atoms with Crippen molar-refractivity contribution in [2.45, 2.75) is 38.5 Å². The van der Waals surface area contributed by atoms with Crippen LogP contribution < -0.4 is 0 Å². The highest BCUT2D eigenvalue weighted by Gasteiger charge is 2.24. The molecule has 0 N–H and O–H groups in total. The summed E-state index contributed by atoms with van der Waals surface area (Å²) in [4.78, 5) is 13.1. The summed E-state index contributed by atoms with van der Waals surface area (Å²) in [6.45, 7) is 2.45. The molecule has 2 rings (SSSR count). The topological polar surface area (TPSA) is 20.3 Å². The lowest BCUT2D eigenvalue weighted by Crippen LogP contribution is -2.31. The smallest absolute Gasteiger partial charge is 0.219 e. The minimum Gasteiger partial charge on any atom is -0.346 e. The molecule has 2 atom stereocenters. The minimum absolute atomic E-state index is 0.129. The summed E-state index contributed by atoms with van der Waals surface area (Å²) in [5.41, 5.74) is 1.23. The summed E-state index contributed by atoms with van der Waals surface area (Å²) in [7, 11) is 1.86. The van der Waals surface area contributed by atoms with E-state index in [1.165, 1.54) is 24.8 Å². The molecule has 1 aromatic carbocycles. The lowest BCUT2D eigenvalue weighted by molar-refractivity contribution is -0.128. The van der Waals surface area contributed by atoms with E-state index in [1.807, 2.05) is 19.2 Å². The monoisotopic (exact) mass is 263 g/mol. The zero-order valence-electron chi connectivity index (χ0n) is 11.7. The molecule has 0 radical (unpaired) electrons. The Morgan fingerprint density at radius 3 is 2.63 bits per heavy atom. The van der Waals surface area contributed by atoms with Crippen LogP contribution >= 0.6 is 0 Å². The second-order valence-corrected chi connectivity index (χ2v) is 5.68. The summed E-state index contributed by atoms with van der Waals surface area (Å²) in [5.74, 6) is 1.04. The Morgan fingerprint density at radius 2 is 2.00 bits per heavy atom. The number of halogens is 1. The van der Waals surface area contributed by atoms with Crippen molar-refractivity contribution in [2.75, 3.05) is 13.6 Å². The quantitative estimate of drug-likeness (QED) is 0.816. The summed E-state index contributed by atoms with van der Waals surface area (Å²) < 4.78 is 12.9. The van der Waals surface area contributed by atoms with Crippen molar-refractivity contribution in [3.8, 4) is 0 Å². The fraction of sp³-hybridized carbons (Fsp3) is 0.562. The molecule has 1 aromatic rings. The first kappa shape index (κ1) is 14.0. The molecule has 0 bridgehead atoms. The van der Waals surface area contributed by atoms with Gasteiger partial charge in [0.25, 0.3) is 0 Å². The molecule has 0 heterocycles. The Balaban J connectivity index is 1.97. The maximum Gasteiger partial charge on any atom is 0.219 e. The van der Waals surface area contributed by atoms with Gasteiger partial charge in [-0.15, -0.1) is 0 Å². The molecule has 1 fully saturated rings. The van der Waals surface area contributed by atoms with Crippen LogP contribution in [-0.4, -0.2) is 24.4 Å². The van der Waals surface area contributed by atoms with Gasteiger partial charge in [0.2, 0.25) is 5.91 Å². The second kappa shape index (κ2) is 6.18. The molecule has 1 aliphatic rings. The van der Waals surface area contributed by atoms with E-state index in [4.69, 9.17) is 0 Å². The molecule has 19 heavy (non-hydrogen) atoms. The first-order chi connectivity index (χ1) is 9.06. The minimum atomic E-state index is -0.174. The van der Waals surface area contributed by atoms with Crippen LogP contribution in [0.25, 0.3) is 0 Å². The van der Waals surface area contributed by atoms with Gasteiger partial charge in [-0.25, -0.2) is 4.39 Å². The first-order valence-corrected chi connectivity index (χ1v) is 7.03. The van der Waals surface area contributed by atoms with Crippen LogP contribution in [0.15, 0.2) is 24.3 Å². The molecule has 2 nitrogen and oxygen atoms in total. The molecular weight excluding hydrogens is 241 g/mol. The number of benzene rings is 1. The van der Waals surface area contributed by atoms with Crippen LogP contribution in [-0.2, 0) is 4.79 Å². The Hall–Kier alpha value is -1.38. The van der Waals surface area contributed by atoms with Crippen molar-refractivity contribution < 1.29 is 9.18 Å². The molecule has 3 heteroatoms. The maximum absolute atomic E-state index is 12.9. The van der Waals surface area contributed by atoms with E-state index in [9.17, 15) is 9.18 Å². The molecule has 0 saturated heterocycles. The van der Waals surface area contributed by atoms with Gasteiger partial charge >= 0.3 is 0 Å². The Labute approximate surface area is 114 Å². The molecule has 104 valence electrons. The standard InChI is InChI=1S/C16H22FNO/c1-12(19)18(2)11-13-4-3-5-15(10-13)14-6-8-16(17)9-7-14/h6-9,13,15H,3-5,10-11H2,1-2H3/t13-,15?/m1/s1. The third-order valence-electron chi connectivity index (χ3n) is 4.19. The summed E-state index contributed by atoms with van der Waals surface area (Å²) in [5, 5.41) is 0. The van der Waals surface area contributed by atoms with Crippen molar-refractivity contribution in [2.24, 2.45) is 5.92 Å². The Morgan fingerprint density at radius 1 is 1.32 bits per heavy atom. The third kappa shape index (κ3) is 3.79. The van der Waals surface area contributed by atoms with Crippen LogP contribution in [0.2, 0.25) is 0 Å². The molecule has 1 amide bonds. The van der Waals surface area contributed by atoms with E-state index in [2.05, 4.69) is 0 Å². The van der Waals surface area contributed by atoms with E-state index < -0.39 is 0 Å². The molecule has 0 aromatic heterocycles. The van der Waals surface area contributed by atoms with Crippen molar-refractivity contribution in [1.29, 1.82) is 0 Å². The fourth-order valence-electron chi connectivity index (χ4n) is 3.01. The Kier molecular flexibility index (Phi) is 4.56. The maximum atomic E-state index is 12.9. The van der Waals surface area contributed by atoms with E-state index in [1.54, 1.807) is 24.0 Å². The van der Waals surface area contributed by atoms with Gasteiger partial charge in [0.1, 0.15) is 5.82 Å². The largest absolute Gasteiger partial charge is 0.346 e. The lowest BCUT2D eigenvalue weighted by atomic mass is 9.78. The van der Waals surface area contributed by atoms with Crippen LogP contribution in [0, 0.1) is 11.7 Å². The first-order valence-electron chi connectivity index (χ1n) is 7.03. The predicted molar refractivity (Wildman–Crippen MR) is 74.4 cm³/mol. The number of nitrogens with zero attached hydrogens (tertiary/aromatic N) is 1. The lowest BCUT2D eigenvalue weighted by Gasteiger charge is -2.32. The summed E-state index contributed by atoms with van der Waals surface area (Å²) >= 11 is 0. The van der Waals surface area contributed by atoms with Gasteiger partial charge in [0.05, 0.1) is 0 Å². The van der Waals surface area contributed by atoms with E-state index in [0.717, 1.165) is 13.0 Å². The van der Waals surface area contributed by atoms with Gasteiger partial charge in [0.15, 0.2) is 0 Å². The van der Waals surface area contributed by atoms with E-state index >= 15 is 0 Å². The molecule has 1 unspecified atom stereocenters. The van der Waals surface area contributed by atoms with E-state index in [-0.39, 0.29) is 11.7 Å². The second-order valence-electron chi connectivity index (χ2n) is 5.68. The van der Waals surface area contributed by atoms with Crippen molar-refractivity contribution in [3.63, 3.8) is 0 Å². The van der Waals surface area contributed by atoms with Crippen molar-refractivity contribution >= 4 is 5.91 Å². The summed E-state index contributed by atoms with van der Waals surface area (Å²) in [6.07, 6.45) is 4.66. The number of hydrogen-bond acceptors (Lipinski definition) is 1. The van der Waals surface area contributed by atoms with Gasteiger partial charge in [0, 0.05) is 20.5 Å². The van der Waals surface area contributed by atoms with Crippen LogP contribution in [0.3, 0.4) is 0 Å². The predicted octanol–water partition coefficient (Wildman–Crippen LogP) is 3.58. The number of amides is 1. The molecule has 0 spiro atoms. The van der Waals surface area contributed by atoms with Crippen LogP contribution in [0.5, 0.6) is 0 Å². The molecular formula is C16H22FNO. The average molecular weight is 263 g/mol. The van der Waals surface area contributed by atoms with Gasteiger partial charge in [-0.1, -0.05) is 18.6 Å². The number of rotatable bonds is 3. The zero-order valence-corrected chi connectivity index (χ0v) is 11.7. The molecule has 0 aliphatic heterocycles. The number of carbonyl (C=O) groups excluding carboxylic acids is 1. The van der Waals surface area contributed by atoms with Gasteiger partial charge < -0.3 is 4.90 Å². The highest BCUT2D eigenvalue weighted by Crippen LogP contribution is 2.36. The fourth-order valence-corrected chi connectivity index (χ4v) is 3.01. The van der Waals surface area contributed by atoms with Crippen molar-refractivity contribution in [1.82, 2.24) is 4.90 Å². The van der Waals surface area contributed by atoms with Gasteiger partial charge in [-0.3, -0.25) is 4.79 Å². The third-order valence-corrected chi connectivity index (χ3v) is 4.19. The van der Waals surface area contributed by atoms with Gasteiger partial charge in [-0.2, -0.15) is 0 Å². The van der Waals surface area contributed by atoms with Crippen LogP contribution in [0.1, 0.15) is 44.1 Å². The van der Waals surface area contributed by atoms with Crippen molar-refractivity contribution in [3.05, 3.63) is 35.6 Å². The number of hydrogen-bond donors (Lipinski definition) is 0. The number of carbonyl (C=O) groups is 1. The molecule has 1 aliphatic carbocycles. The summed E-state index contributed by atoms with van der Waals surface area (Å²) in [6, 6.07) is 6.88. The van der Waals surface area contributed by atoms with Gasteiger partial charge in [-0.05, 0) is 48.8 Å². The zero-order chi connectivity index (χ0) is 13.8. The highest BCUT2D eigenvalue weighted by molar-refractivity contribution is 5.72. The average Bonchev–Trinajstić information content (AvgIpc) is 2.39. The van der Waals surface area contributed by atoms with Crippen LogP contribution in [0.4, 0.5) is 4.39 Å². The Bertz CT molecular complexity index is 429.